The van der Waals surface area contributed by atoms with Gasteiger partial charge in [-0.15, -0.1) is 11.3 Å². The molecule has 1 heterocycles. The number of nitrogens with one attached hydrogen (secondary N) is 1. The smallest absolute Gasteiger partial charge is 0.266 e. The summed E-state index contributed by atoms with van der Waals surface area (Å²) in [5.41, 5.74) is 6.43. The molecular formula is C19H15ClN2OS. The van der Waals surface area contributed by atoms with E-state index in [2.05, 4.69) is 10.5 Å². The number of carbonyl (C=O) groups excluding carboxylic acids is 1. The van der Waals surface area contributed by atoms with Gasteiger partial charge >= 0.3 is 0 Å². The Hall–Kier alpha value is -2.43. The summed E-state index contributed by atoms with van der Waals surface area (Å²) in [5.74, 6) is -0.233. The van der Waals surface area contributed by atoms with Crippen molar-refractivity contribution in [2.75, 3.05) is 0 Å². The molecule has 5 heteroatoms. The monoisotopic (exact) mass is 354 g/mol. The highest BCUT2D eigenvalue weighted by Gasteiger charge is 2.14. The van der Waals surface area contributed by atoms with Crippen molar-refractivity contribution in [1.82, 2.24) is 5.43 Å². The van der Waals surface area contributed by atoms with Crippen LogP contribution in [0.25, 0.3) is 11.1 Å². The molecule has 0 fully saturated rings. The minimum absolute atomic E-state index is 0.233. The van der Waals surface area contributed by atoms with Gasteiger partial charge in [0.25, 0.3) is 5.91 Å². The largest absolute Gasteiger partial charge is 0.282 e. The van der Waals surface area contributed by atoms with Crippen molar-refractivity contribution in [3.8, 4) is 11.1 Å². The highest BCUT2D eigenvalue weighted by Crippen LogP contribution is 2.28. The minimum Gasteiger partial charge on any atom is -0.266 e. The van der Waals surface area contributed by atoms with Gasteiger partial charge in [0, 0.05) is 16.1 Å². The average molecular weight is 355 g/mol. The summed E-state index contributed by atoms with van der Waals surface area (Å²) in [6, 6.07) is 17.4. The third-order valence-electron chi connectivity index (χ3n) is 3.51. The molecule has 0 aliphatic rings. The lowest BCUT2D eigenvalue weighted by molar-refractivity contribution is 0.0960. The fourth-order valence-electron chi connectivity index (χ4n) is 2.24. The van der Waals surface area contributed by atoms with E-state index < -0.39 is 0 Å². The van der Waals surface area contributed by atoms with E-state index in [9.17, 15) is 4.79 Å². The summed E-state index contributed by atoms with van der Waals surface area (Å²) in [4.78, 5) is 13.0. The first-order chi connectivity index (χ1) is 11.6. The molecule has 24 heavy (non-hydrogen) atoms. The number of hydrazone groups is 1. The number of thiophene rings is 1. The zero-order chi connectivity index (χ0) is 16.9. The molecule has 1 aromatic heterocycles. The normalized spacial score (nSPS) is 10.9. The van der Waals surface area contributed by atoms with E-state index in [1.165, 1.54) is 16.9 Å². The molecule has 0 aliphatic carbocycles. The Kier molecular flexibility index (Phi) is 5.08. The van der Waals surface area contributed by atoms with Crippen molar-refractivity contribution in [3.05, 3.63) is 81.0 Å². The molecule has 1 N–H and O–H groups in total. The van der Waals surface area contributed by atoms with E-state index in [0.29, 0.717) is 9.90 Å². The van der Waals surface area contributed by atoms with Crippen molar-refractivity contribution in [2.24, 2.45) is 5.10 Å². The Morgan fingerprint density at radius 1 is 1.12 bits per heavy atom. The lowest BCUT2D eigenvalue weighted by atomic mass is 10.1. The van der Waals surface area contributed by atoms with Gasteiger partial charge in [0.05, 0.1) is 6.21 Å². The maximum absolute atomic E-state index is 12.4. The number of aryl methyl sites for hydroxylation is 1. The molecule has 3 rings (SSSR count). The SMILES string of the molecule is Cc1ccc(-c2ccsc2C(=O)N/N=C\c2ccccc2Cl)cc1. The molecule has 0 saturated carbocycles. The van der Waals surface area contributed by atoms with Crippen molar-refractivity contribution in [2.45, 2.75) is 6.92 Å². The molecular weight excluding hydrogens is 340 g/mol. The number of amides is 1. The fraction of sp³-hybridized carbons (Fsp3) is 0.0526. The number of benzene rings is 2. The molecule has 3 aromatic rings. The number of hydrogen-bond donors (Lipinski definition) is 1. The Bertz CT molecular complexity index is 884. The topological polar surface area (TPSA) is 41.5 Å². The van der Waals surface area contributed by atoms with Gasteiger partial charge < -0.3 is 0 Å². The van der Waals surface area contributed by atoms with Gasteiger partial charge in [0.2, 0.25) is 0 Å². The van der Waals surface area contributed by atoms with E-state index in [4.69, 9.17) is 11.6 Å². The van der Waals surface area contributed by atoms with Crippen LogP contribution < -0.4 is 5.43 Å². The van der Waals surface area contributed by atoms with E-state index in [-0.39, 0.29) is 5.91 Å². The van der Waals surface area contributed by atoms with Crippen LogP contribution in [0.15, 0.2) is 65.1 Å². The van der Waals surface area contributed by atoms with E-state index in [1.807, 2.05) is 60.8 Å². The fourth-order valence-corrected chi connectivity index (χ4v) is 3.23. The third-order valence-corrected chi connectivity index (χ3v) is 4.77. The Balaban J connectivity index is 1.76. The lowest BCUT2D eigenvalue weighted by Gasteiger charge is -2.04. The molecule has 0 spiro atoms. The molecule has 0 bridgehead atoms. The van der Waals surface area contributed by atoms with Crippen LogP contribution in [0.3, 0.4) is 0 Å². The van der Waals surface area contributed by atoms with Crippen LogP contribution in [0.4, 0.5) is 0 Å². The second-order valence-electron chi connectivity index (χ2n) is 5.25. The van der Waals surface area contributed by atoms with Crippen molar-refractivity contribution in [1.29, 1.82) is 0 Å². The summed E-state index contributed by atoms with van der Waals surface area (Å²) in [6.07, 6.45) is 1.54. The summed E-state index contributed by atoms with van der Waals surface area (Å²) in [5, 5.41) is 6.50. The Morgan fingerprint density at radius 2 is 1.88 bits per heavy atom. The summed E-state index contributed by atoms with van der Waals surface area (Å²) in [7, 11) is 0. The van der Waals surface area contributed by atoms with Gasteiger partial charge in [-0.05, 0) is 30.0 Å². The van der Waals surface area contributed by atoms with Gasteiger partial charge in [-0.3, -0.25) is 4.79 Å². The first-order valence-corrected chi connectivity index (χ1v) is 8.63. The van der Waals surface area contributed by atoms with Gasteiger partial charge in [-0.25, -0.2) is 5.43 Å². The standard InChI is InChI=1S/C19H15ClN2OS/c1-13-6-8-14(9-7-13)16-10-11-24-18(16)19(23)22-21-12-15-4-2-3-5-17(15)20/h2-12H,1H3,(H,22,23)/b21-12-. The van der Waals surface area contributed by atoms with Crippen molar-refractivity contribution >= 4 is 35.1 Å². The van der Waals surface area contributed by atoms with Crippen LogP contribution in [0.1, 0.15) is 20.8 Å². The number of halogens is 1. The van der Waals surface area contributed by atoms with Crippen LogP contribution in [-0.4, -0.2) is 12.1 Å². The van der Waals surface area contributed by atoms with Gasteiger partial charge in [0.15, 0.2) is 0 Å². The maximum atomic E-state index is 12.4. The molecule has 0 aliphatic heterocycles. The van der Waals surface area contributed by atoms with Crippen LogP contribution in [0.5, 0.6) is 0 Å². The highest BCUT2D eigenvalue weighted by atomic mass is 35.5. The summed E-state index contributed by atoms with van der Waals surface area (Å²) in [6.45, 7) is 2.04. The Labute approximate surface area is 149 Å². The average Bonchev–Trinajstić information content (AvgIpc) is 3.07. The molecule has 0 unspecified atom stereocenters. The van der Waals surface area contributed by atoms with E-state index in [1.54, 1.807) is 12.3 Å². The van der Waals surface area contributed by atoms with E-state index in [0.717, 1.165) is 16.7 Å². The highest BCUT2D eigenvalue weighted by molar-refractivity contribution is 7.12. The van der Waals surface area contributed by atoms with Crippen molar-refractivity contribution < 1.29 is 4.79 Å². The van der Waals surface area contributed by atoms with Crippen LogP contribution in [-0.2, 0) is 0 Å². The molecule has 0 radical (unpaired) electrons. The molecule has 2 aromatic carbocycles. The van der Waals surface area contributed by atoms with Crippen LogP contribution in [0.2, 0.25) is 5.02 Å². The summed E-state index contributed by atoms with van der Waals surface area (Å²) >= 11 is 7.45. The second kappa shape index (κ2) is 7.43. The van der Waals surface area contributed by atoms with Crippen LogP contribution in [0, 0.1) is 6.92 Å². The number of rotatable bonds is 4. The first kappa shape index (κ1) is 16.4. The zero-order valence-electron chi connectivity index (χ0n) is 13.0. The predicted molar refractivity (Wildman–Crippen MR) is 101 cm³/mol. The minimum atomic E-state index is -0.233. The Morgan fingerprint density at radius 3 is 2.62 bits per heavy atom. The lowest BCUT2D eigenvalue weighted by Crippen LogP contribution is -2.17. The maximum Gasteiger partial charge on any atom is 0.282 e. The van der Waals surface area contributed by atoms with Crippen LogP contribution >= 0.6 is 22.9 Å². The first-order valence-electron chi connectivity index (χ1n) is 7.37. The van der Waals surface area contributed by atoms with Gasteiger partial charge in [-0.1, -0.05) is 59.6 Å². The molecule has 1 amide bonds. The molecule has 3 nitrogen and oxygen atoms in total. The second-order valence-corrected chi connectivity index (χ2v) is 6.57. The number of hydrogen-bond acceptors (Lipinski definition) is 3. The van der Waals surface area contributed by atoms with Gasteiger partial charge in [0.1, 0.15) is 4.88 Å². The zero-order valence-corrected chi connectivity index (χ0v) is 14.6. The van der Waals surface area contributed by atoms with Gasteiger partial charge in [-0.2, -0.15) is 5.10 Å². The third kappa shape index (κ3) is 3.72. The molecule has 0 saturated heterocycles. The van der Waals surface area contributed by atoms with Crippen molar-refractivity contribution in [3.63, 3.8) is 0 Å². The number of nitrogens with zero attached hydrogens (tertiary/aromatic N) is 1. The van der Waals surface area contributed by atoms with E-state index >= 15 is 0 Å². The molecule has 0 atom stereocenters. The molecule has 120 valence electrons. The quantitative estimate of drug-likeness (QED) is 0.511. The summed E-state index contributed by atoms with van der Waals surface area (Å²) < 4.78 is 0. The predicted octanol–water partition coefficient (Wildman–Crippen LogP) is 5.14. The number of carbonyl (C=O) groups is 1.